The summed E-state index contributed by atoms with van der Waals surface area (Å²) in [6.45, 7) is 1.68. The Hall–Kier alpha value is -2.42. The van der Waals surface area contributed by atoms with E-state index in [1.54, 1.807) is 13.0 Å². The quantitative estimate of drug-likeness (QED) is 0.451. The van der Waals surface area contributed by atoms with Crippen molar-refractivity contribution < 1.29 is 14.5 Å². The Kier molecular flexibility index (Phi) is 3.78. The molecule has 1 aromatic rings. The lowest BCUT2D eigenvalue weighted by molar-refractivity contribution is -0.385. The summed E-state index contributed by atoms with van der Waals surface area (Å²) in [5, 5.41) is 19.7. The van der Waals surface area contributed by atoms with Crippen LogP contribution in [-0.2, 0) is 11.2 Å². The van der Waals surface area contributed by atoms with E-state index in [-0.39, 0.29) is 28.8 Å². The molecule has 0 spiro atoms. The highest BCUT2D eigenvalue weighted by Crippen LogP contribution is 2.27. The molecule has 6 nitrogen and oxygen atoms in total. The number of carbonyl (C=O) groups is 1. The van der Waals surface area contributed by atoms with Crippen LogP contribution in [0.1, 0.15) is 28.4 Å². The van der Waals surface area contributed by atoms with E-state index in [2.05, 4.69) is 4.74 Å². The highest BCUT2D eigenvalue weighted by atomic mass is 16.6. The van der Waals surface area contributed by atoms with Crippen molar-refractivity contribution in [3.05, 3.63) is 38.9 Å². The van der Waals surface area contributed by atoms with Gasteiger partial charge in [0.2, 0.25) is 0 Å². The molecule has 17 heavy (non-hydrogen) atoms. The molecule has 0 radical (unpaired) electrons. The number of carbonyl (C=O) groups excluding carboxylic acids is 1. The van der Waals surface area contributed by atoms with Gasteiger partial charge in [-0.25, -0.2) is 4.79 Å². The van der Waals surface area contributed by atoms with Crippen molar-refractivity contribution >= 4 is 11.7 Å². The molecule has 0 atom stereocenters. The summed E-state index contributed by atoms with van der Waals surface area (Å²) in [5.41, 5.74) is -0.0287. The summed E-state index contributed by atoms with van der Waals surface area (Å²) in [6.07, 6.45) is 0.274. The molecule has 0 N–H and O–H groups in total. The van der Waals surface area contributed by atoms with E-state index in [1.807, 2.05) is 0 Å². The molecule has 0 saturated heterocycles. The van der Waals surface area contributed by atoms with Gasteiger partial charge in [0.05, 0.1) is 17.6 Å². The zero-order valence-electron chi connectivity index (χ0n) is 9.39. The van der Waals surface area contributed by atoms with Crippen LogP contribution in [0.25, 0.3) is 0 Å². The molecule has 6 heteroatoms. The highest BCUT2D eigenvalue weighted by Gasteiger charge is 2.25. The summed E-state index contributed by atoms with van der Waals surface area (Å²) >= 11 is 0. The molecule has 0 saturated carbocycles. The van der Waals surface area contributed by atoms with Crippen molar-refractivity contribution in [1.29, 1.82) is 5.26 Å². The van der Waals surface area contributed by atoms with E-state index in [9.17, 15) is 14.9 Å². The topological polar surface area (TPSA) is 93.2 Å². The fraction of sp³-hybridized carbons (Fsp3) is 0.273. The van der Waals surface area contributed by atoms with Gasteiger partial charge in [-0.1, -0.05) is 6.92 Å². The molecule has 88 valence electrons. The number of methoxy groups -OCH3 is 1. The molecule has 1 rings (SSSR count). The monoisotopic (exact) mass is 234 g/mol. The standard InChI is InChI=1S/C11H10N2O4/c1-3-8-9(11(14)17-2)5-4-7(6-12)10(8)13(15)16/h4-5H,3H2,1-2H3. The first-order chi connectivity index (χ1) is 8.06. The van der Waals surface area contributed by atoms with Crippen LogP contribution in [0.2, 0.25) is 0 Å². The van der Waals surface area contributed by atoms with E-state index in [1.165, 1.54) is 19.2 Å². The minimum absolute atomic E-state index is 0.0560. The molecule has 0 fully saturated rings. The third kappa shape index (κ3) is 2.23. The number of nitro groups is 1. The predicted molar refractivity (Wildman–Crippen MR) is 58.5 cm³/mol. The van der Waals surface area contributed by atoms with Gasteiger partial charge < -0.3 is 4.74 Å². The van der Waals surface area contributed by atoms with Crippen LogP contribution in [0.5, 0.6) is 0 Å². The average molecular weight is 234 g/mol. The minimum atomic E-state index is -0.649. The fourth-order valence-electron chi connectivity index (χ4n) is 1.59. The smallest absolute Gasteiger partial charge is 0.338 e. The second-order valence-corrected chi connectivity index (χ2v) is 3.20. The fourth-order valence-corrected chi connectivity index (χ4v) is 1.59. The van der Waals surface area contributed by atoms with Crippen LogP contribution in [0.15, 0.2) is 12.1 Å². The Bertz CT molecular complexity index is 517. The number of hydrogen-bond donors (Lipinski definition) is 0. The molecule has 0 aromatic heterocycles. The first-order valence-corrected chi connectivity index (χ1v) is 4.85. The lowest BCUT2D eigenvalue weighted by Gasteiger charge is -2.07. The number of hydrogen-bond acceptors (Lipinski definition) is 5. The van der Waals surface area contributed by atoms with E-state index >= 15 is 0 Å². The van der Waals surface area contributed by atoms with Crippen molar-refractivity contribution in [1.82, 2.24) is 0 Å². The Balaban J connectivity index is 3.59. The van der Waals surface area contributed by atoms with Crippen molar-refractivity contribution in [2.75, 3.05) is 7.11 Å². The Morgan fingerprint density at radius 1 is 1.59 bits per heavy atom. The Morgan fingerprint density at radius 3 is 2.65 bits per heavy atom. The predicted octanol–water partition coefficient (Wildman–Crippen LogP) is 1.82. The third-order valence-corrected chi connectivity index (χ3v) is 2.34. The SMILES string of the molecule is CCc1c(C(=O)OC)ccc(C#N)c1[N+](=O)[O-]. The van der Waals surface area contributed by atoms with E-state index in [0.717, 1.165) is 0 Å². The van der Waals surface area contributed by atoms with Gasteiger partial charge in [0, 0.05) is 5.56 Å². The molecule has 0 aliphatic heterocycles. The van der Waals surface area contributed by atoms with Gasteiger partial charge in [0.15, 0.2) is 0 Å². The first-order valence-electron chi connectivity index (χ1n) is 4.85. The summed E-state index contributed by atoms with van der Waals surface area (Å²) in [6, 6.07) is 4.37. The van der Waals surface area contributed by atoms with Crippen LogP contribution >= 0.6 is 0 Å². The maximum atomic E-state index is 11.4. The second kappa shape index (κ2) is 5.07. The van der Waals surface area contributed by atoms with Crippen molar-refractivity contribution in [2.45, 2.75) is 13.3 Å². The molecule has 0 heterocycles. The summed E-state index contributed by atoms with van der Waals surface area (Å²) < 4.78 is 4.54. The zero-order chi connectivity index (χ0) is 13.0. The van der Waals surface area contributed by atoms with E-state index in [0.29, 0.717) is 0 Å². The number of esters is 1. The van der Waals surface area contributed by atoms with Crippen LogP contribution in [0, 0.1) is 21.4 Å². The number of nitrogens with zero attached hydrogens (tertiary/aromatic N) is 2. The van der Waals surface area contributed by atoms with Crippen molar-refractivity contribution in [3.8, 4) is 6.07 Å². The number of rotatable bonds is 3. The molecular formula is C11H10N2O4. The lowest BCUT2D eigenvalue weighted by atomic mass is 9.99. The van der Waals surface area contributed by atoms with Crippen LogP contribution in [-0.4, -0.2) is 18.0 Å². The number of nitriles is 1. The second-order valence-electron chi connectivity index (χ2n) is 3.20. The van der Waals surface area contributed by atoms with E-state index < -0.39 is 10.9 Å². The maximum Gasteiger partial charge on any atom is 0.338 e. The van der Waals surface area contributed by atoms with Gasteiger partial charge in [-0.3, -0.25) is 10.1 Å². The summed E-state index contributed by atoms with van der Waals surface area (Å²) in [5.74, 6) is -0.644. The molecule has 0 bridgehead atoms. The molecule has 1 aromatic carbocycles. The van der Waals surface area contributed by atoms with Crippen LogP contribution in [0.4, 0.5) is 5.69 Å². The van der Waals surface area contributed by atoms with Gasteiger partial charge in [-0.2, -0.15) is 5.26 Å². The normalized spacial score (nSPS) is 9.47. The number of benzene rings is 1. The molecular weight excluding hydrogens is 224 g/mol. The van der Waals surface area contributed by atoms with Gasteiger partial charge in [0.25, 0.3) is 5.69 Å². The minimum Gasteiger partial charge on any atom is -0.465 e. The average Bonchev–Trinajstić information content (AvgIpc) is 2.35. The largest absolute Gasteiger partial charge is 0.465 e. The van der Waals surface area contributed by atoms with Gasteiger partial charge in [-0.15, -0.1) is 0 Å². The van der Waals surface area contributed by atoms with Crippen LogP contribution < -0.4 is 0 Å². The van der Waals surface area contributed by atoms with Crippen molar-refractivity contribution in [3.63, 3.8) is 0 Å². The van der Waals surface area contributed by atoms with Crippen molar-refractivity contribution in [2.24, 2.45) is 0 Å². The Labute approximate surface area is 97.6 Å². The third-order valence-electron chi connectivity index (χ3n) is 2.34. The molecule has 0 amide bonds. The lowest BCUT2D eigenvalue weighted by Crippen LogP contribution is -2.09. The van der Waals surface area contributed by atoms with Gasteiger partial charge >= 0.3 is 5.97 Å². The van der Waals surface area contributed by atoms with Gasteiger partial charge in [-0.05, 0) is 18.6 Å². The molecule has 0 unspecified atom stereocenters. The zero-order valence-corrected chi connectivity index (χ0v) is 9.39. The van der Waals surface area contributed by atoms with Crippen LogP contribution in [0.3, 0.4) is 0 Å². The molecule has 0 aliphatic carbocycles. The number of nitro benzene ring substituents is 1. The molecule has 0 aliphatic rings. The highest BCUT2D eigenvalue weighted by molar-refractivity contribution is 5.92. The summed E-state index contributed by atoms with van der Waals surface area (Å²) in [4.78, 5) is 21.7. The maximum absolute atomic E-state index is 11.4. The Morgan fingerprint density at radius 2 is 2.24 bits per heavy atom. The summed E-state index contributed by atoms with van der Waals surface area (Å²) in [7, 11) is 1.20. The first kappa shape index (κ1) is 12.6. The van der Waals surface area contributed by atoms with E-state index in [4.69, 9.17) is 5.26 Å². The van der Waals surface area contributed by atoms with Gasteiger partial charge in [0.1, 0.15) is 11.6 Å². The number of ether oxygens (including phenoxy) is 1.